The van der Waals surface area contributed by atoms with Gasteiger partial charge < -0.3 is 0 Å². The molecule has 12 rings (SSSR count). The zero-order chi connectivity index (χ0) is 36.0. The summed E-state index contributed by atoms with van der Waals surface area (Å²) in [4.78, 5) is 10.9. The van der Waals surface area contributed by atoms with Gasteiger partial charge in [-0.05, 0) is 89.8 Å². The molecule has 0 aliphatic heterocycles. The number of para-hydroxylation sites is 2. The van der Waals surface area contributed by atoms with Gasteiger partial charge in [-0.3, -0.25) is 4.57 Å². The molecule has 0 saturated heterocycles. The van der Waals surface area contributed by atoms with Crippen LogP contribution in [0.15, 0.2) is 188 Å². The minimum absolute atomic E-state index is 0.654. The molecule has 3 heteroatoms. The Kier molecular flexibility index (Phi) is 6.34. The average molecular weight is 698 g/mol. The molecule has 0 saturated carbocycles. The summed E-state index contributed by atoms with van der Waals surface area (Å²) in [7, 11) is 0. The van der Waals surface area contributed by atoms with Crippen molar-refractivity contribution in [3.63, 3.8) is 0 Å². The van der Waals surface area contributed by atoms with Gasteiger partial charge in [0.1, 0.15) is 0 Å². The van der Waals surface area contributed by atoms with Gasteiger partial charge in [0.2, 0.25) is 5.95 Å². The molecular formula is C52H31N3. The second kappa shape index (κ2) is 11.6. The summed E-state index contributed by atoms with van der Waals surface area (Å²) in [5.74, 6) is 0.654. The number of rotatable bonds is 3. The zero-order valence-corrected chi connectivity index (χ0v) is 29.7. The Morgan fingerprint density at radius 3 is 1.65 bits per heavy atom. The highest BCUT2D eigenvalue weighted by Gasteiger charge is 2.23. The van der Waals surface area contributed by atoms with Crippen molar-refractivity contribution in [1.29, 1.82) is 0 Å². The van der Waals surface area contributed by atoms with Crippen molar-refractivity contribution in [1.82, 2.24) is 14.5 Å². The highest BCUT2D eigenvalue weighted by Crippen LogP contribution is 2.45. The molecule has 0 atom stereocenters. The van der Waals surface area contributed by atoms with Crippen molar-refractivity contribution < 1.29 is 0 Å². The SMILES string of the molecule is c1ccc2cc(-c3nc(-n4c5ccccc5c5cc6ccccc6c(-c6ccc7c8ccccc8c8ccccc8c7c6)c54)nc4ccccc34)ccc2c1. The Morgan fingerprint density at radius 1 is 0.327 bits per heavy atom. The highest BCUT2D eigenvalue weighted by atomic mass is 15.2. The van der Waals surface area contributed by atoms with Crippen LogP contribution in [0.4, 0.5) is 0 Å². The summed E-state index contributed by atoms with van der Waals surface area (Å²) in [5.41, 5.74) is 7.41. The first-order chi connectivity index (χ1) is 27.3. The van der Waals surface area contributed by atoms with Crippen LogP contribution >= 0.6 is 0 Å². The van der Waals surface area contributed by atoms with E-state index in [0.29, 0.717) is 5.95 Å². The largest absolute Gasteiger partial charge is 0.277 e. The third-order valence-corrected chi connectivity index (χ3v) is 11.5. The second-order valence-corrected chi connectivity index (χ2v) is 14.5. The minimum Gasteiger partial charge on any atom is -0.277 e. The van der Waals surface area contributed by atoms with Gasteiger partial charge in [0.15, 0.2) is 0 Å². The topological polar surface area (TPSA) is 30.7 Å². The average Bonchev–Trinajstić information content (AvgIpc) is 3.58. The monoisotopic (exact) mass is 697 g/mol. The van der Waals surface area contributed by atoms with E-state index in [9.17, 15) is 0 Å². The van der Waals surface area contributed by atoms with Crippen molar-refractivity contribution in [2.45, 2.75) is 0 Å². The fourth-order valence-electron chi connectivity index (χ4n) is 9.08. The molecule has 254 valence electrons. The number of fused-ring (bicyclic) bond motifs is 12. The zero-order valence-electron chi connectivity index (χ0n) is 29.7. The fraction of sp³-hybridized carbons (Fsp3) is 0. The molecule has 10 aromatic carbocycles. The molecule has 0 aliphatic rings. The van der Waals surface area contributed by atoms with Gasteiger partial charge >= 0.3 is 0 Å². The highest BCUT2D eigenvalue weighted by molar-refractivity contribution is 6.27. The van der Waals surface area contributed by atoms with Crippen LogP contribution in [0.3, 0.4) is 0 Å². The Hall–Kier alpha value is -7.36. The molecule has 2 aromatic heterocycles. The molecule has 0 fully saturated rings. The summed E-state index contributed by atoms with van der Waals surface area (Å²) in [5, 5.41) is 15.7. The lowest BCUT2D eigenvalue weighted by atomic mass is 9.90. The van der Waals surface area contributed by atoms with Crippen molar-refractivity contribution in [3.8, 4) is 28.3 Å². The lowest BCUT2D eigenvalue weighted by Crippen LogP contribution is -2.04. The summed E-state index contributed by atoms with van der Waals surface area (Å²) >= 11 is 0. The maximum atomic E-state index is 5.51. The van der Waals surface area contributed by atoms with E-state index in [0.717, 1.165) is 38.8 Å². The standard InChI is InChI=1S/C52H31N3/c1-2-14-33-29-36(26-25-32(33)13-1)50-44-22-9-11-23-47(44)53-52(54-50)55-48-24-12-10-21-43(48)46-30-34-15-3-4-16-37(34)49(51(46)55)35-27-28-42-40-19-6-5-17-38(40)39-18-7-8-20-41(39)45(42)31-35/h1-31H. The molecule has 3 nitrogen and oxygen atoms in total. The predicted octanol–water partition coefficient (Wildman–Crippen LogP) is 13.8. The van der Waals surface area contributed by atoms with Gasteiger partial charge in [-0.15, -0.1) is 0 Å². The third kappa shape index (κ3) is 4.44. The maximum absolute atomic E-state index is 5.51. The maximum Gasteiger partial charge on any atom is 0.235 e. The summed E-state index contributed by atoms with van der Waals surface area (Å²) in [6, 6.07) is 68.0. The number of benzene rings is 10. The normalized spacial score (nSPS) is 12.0. The fourth-order valence-corrected chi connectivity index (χ4v) is 9.08. The number of aromatic nitrogens is 3. The number of nitrogens with zero attached hydrogens (tertiary/aromatic N) is 3. The quantitative estimate of drug-likeness (QED) is 0.172. The molecule has 0 aliphatic carbocycles. The van der Waals surface area contributed by atoms with Crippen LogP contribution in [0, 0.1) is 0 Å². The Labute approximate surface area is 316 Å². The van der Waals surface area contributed by atoms with E-state index in [1.54, 1.807) is 0 Å². The van der Waals surface area contributed by atoms with Crippen molar-refractivity contribution in [3.05, 3.63) is 188 Å². The second-order valence-electron chi connectivity index (χ2n) is 14.5. The number of hydrogen-bond acceptors (Lipinski definition) is 2. The first-order valence-electron chi connectivity index (χ1n) is 18.8. The summed E-state index contributed by atoms with van der Waals surface area (Å²) in [6.07, 6.45) is 0. The van der Waals surface area contributed by atoms with Gasteiger partial charge in [0, 0.05) is 27.3 Å². The van der Waals surface area contributed by atoms with Crippen LogP contribution in [0.5, 0.6) is 0 Å². The van der Waals surface area contributed by atoms with E-state index in [1.165, 1.54) is 70.2 Å². The first-order valence-corrected chi connectivity index (χ1v) is 18.8. The van der Waals surface area contributed by atoms with Gasteiger partial charge in [0.05, 0.1) is 22.2 Å². The van der Waals surface area contributed by atoms with Crippen molar-refractivity contribution in [2.75, 3.05) is 0 Å². The van der Waals surface area contributed by atoms with Gasteiger partial charge in [0.25, 0.3) is 0 Å². The molecule has 0 N–H and O–H groups in total. The van der Waals surface area contributed by atoms with E-state index >= 15 is 0 Å². The van der Waals surface area contributed by atoms with Crippen LogP contribution < -0.4 is 0 Å². The van der Waals surface area contributed by atoms with Crippen LogP contribution in [0.25, 0.3) is 115 Å². The molecule has 0 spiro atoms. The Bertz CT molecular complexity index is 3520. The van der Waals surface area contributed by atoms with Gasteiger partial charge in [-0.2, -0.15) is 0 Å². The van der Waals surface area contributed by atoms with Gasteiger partial charge in [-0.25, -0.2) is 9.97 Å². The third-order valence-electron chi connectivity index (χ3n) is 11.5. The number of hydrogen-bond donors (Lipinski definition) is 0. The predicted molar refractivity (Wildman–Crippen MR) is 232 cm³/mol. The lowest BCUT2D eigenvalue weighted by Gasteiger charge is -2.16. The van der Waals surface area contributed by atoms with E-state index in [1.807, 2.05) is 0 Å². The van der Waals surface area contributed by atoms with E-state index in [4.69, 9.17) is 9.97 Å². The summed E-state index contributed by atoms with van der Waals surface area (Å²) in [6.45, 7) is 0. The summed E-state index contributed by atoms with van der Waals surface area (Å²) < 4.78 is 2.31. The molecule has 0 radical (unpaired) electrons. The van der Waals surface area contributed by atoms with Crippen LogP contribution in [-0.4, -0.2) is 14.5 Å². The molecule has 0 unspecified atom stereocenters. The van der Waals surface area contributed by atoms with Crippen LogP contribution in [0.2, 0.25) is 0 Å². The Morgan fingerprint density at radius 2 is 0.891 bits per heavy atom. The first kappa shape index (κ1) is 30.1. The Balaban J connectivity index is 1.22. The van der Waals surface area contributed by atoms with Gasteiger partial charge in [-0.1, -0.05) is 158 Å². The van der Waals surface area contributed by atoms with Crippen LogP contribution in [0.1, 0.15) is 0 Å². The molecule has 12 aromatic rings. The lowest BCUT2D eigenvalue weighted by molar-refractivity contribution is 1.01. The molecule has 0 amide bonds. The molecule has 2 heterocycles. The molecule has 0 bridgehead atoms. The smallest absolute Gasteiger partial charge is 0.235 e. The van der Waals surface area contributed by atoms with E-state index in [2.05, 4.69) is 193 Å². The minimum atomic E-state index is 0.654. The molecular weight excluding hydrogens is 667 g/mol. The molecule has 55 heavy (non-hydrogen) atoms. The van der Waals surface area contributed by atoms with Crippen molar-refractivity contribution >= 4 is 86.6 Å². The van der Waals surface area contributed by atoms with E-state index in [-0.39, 0.29) is 0 Å². The van der Waals surface area contributed by atoms with Crippen molar-refractivity contribution in [2.24, 2.45) is 0 Å². The van der Waals surface area contributed by atoms with E-state index < -0.39 is 0 Å². The van der Waals surface area contributed by atoms with Crippen LogP contribution in [-0.2, 0) is 0 Å².